The van der Waals surface area contributed by atoms with Crippen LogP contribution in [0.2, 0.25) is 0 Å². The number of nitrogens with one attached hydrogen (secondary N) is 3. The quantitative estimate of drug-likeness (QED) is 0.283. The summed E-state index contributed by atoms with van der Waals surface area (Å²) < 4.78 is 40.2. The number of amides is 5. The number of sulfonamides is 1. The first kappa shape index (κ1) is 40.7. The van der Waals surface area contributed by atoms with Crippen molar-refractivity contribution in [3.8, 4) is 0 Å². The molecule has 2 aliphatic carbocycles. The number of pyridine rings is 1. The lowest BCUT2D eigenvalue weighted by atomic mass is 10.0. The molecule has 0 radical (unpaired) electrons. The minimum Gasteiger partial charge on any atom is -0.446 e. The van der Waals surface area contributed by atoms with Gasteiger partial charge in [-0.15, -0.1) is 0 Å². The Bertz CT molecular complexity index is 2170. The number of hydrogen-bond acceptors (Lipinski definition) is 10. The second kappa shape index (κ2) is 17.5. The van der Waals surface area contributed by atoms with E-state index in [2.05, 4.69) is 20.3 Å². The third-order valence-electron chi connectivity index (χ3n) is 11.5. The highest BCUT2D eigenvalue weighted by Gasteiger charge is 2.61. The molecule has 4 atom stereocenters. The van der Waals surface area contributed by atoms with E-state index in [1.807, 2.05) is 48.5 Å². The molecular weight excluding hydrogens is 765 g/mol. The SMILES string of the molecule is Cc1ccc(S(=O)(=O)NC(=O)[C@]23CC2/C=C/CCCCC[C@H](NC(=O)OC2CCCC2)C(=O)N2CCN(C(=O)OCc4cccc5ccccc45)C[C@H]2C(=O)N3)nc1. The summed E-state index contributed by atoms with van der Waals surface area (Å²) in [4.78, 5) is 76.4. The van der Waals surface area contributed by atoms with E-state index < -0.39 is 63.5 Å². The second-order valence-corrected chi connectivity index (χ2v) is 17.3. The van der Waals surface area contributed by atoms with Crippen molar-refractivity contribution in [2.75, 3.05) is 19.6 Å². The lowest BCUT2D eigenvalue weighted by Gasteiger charge is -2.41. The van der Waals surface area contributed by atoms with Crippen molar-refractivity contribution in [1.29, 1.82) is 0 Å². The molecule has 3 N–H and O–H groups in total. The van der Waals surface area contributed by atoms with Crippen LogP contribution in [0, 0.1) is 12.8 Å². The van der Waals surface area contributed by atoms with E-state index in [-0.39, 0.29) is 43.8 Å². The maximum atomic E-state index is 14.5. The molecular formula is C42H50N6O9S. The number of hydrogen-bond donors (Lipinski definition) is 3. The summed E-state index contributed by atoms with van der Waals surface area (Å²) in [6.07, 6.45) is 10.0. The number of carbonyl (C=O) groups excluding carboxylic acids is 5. The zero-order valence-electron chi connectivity index (χ0n) is 32.6. The lowest BCUT2D eigenvalue weighted by Crippen LogP contribution is -2.66. The molecule has 0 bridgehead atoms. The molecule has 15 nitrogen and oxygen atoms in total. The zero-order chi connectivity index (χ0) is 40.9. The Morgan fingerprint density at radius 1 is 0.948 bits per heavy atom. The van der Waals surface area contributed by atoms with Gasteiger partial charge in [0.2, 0.25) is 11.8 Å². The van der Waals surface area contributed by atoms with Crippen LogP contribution in [-0.2, 0) is 40.5 Å². The van der Waals surface area contributed by atoms with Crippen molar-refractivity contribution in [2.24, 2.45) is 5.92 Å². The number of alkyl carbamates (subject to hydrolysis) is 1. The van der Waals surface area contributed by atoms with E-state index in [1.54, 1.807) is 19.1 Å². The molecule has 58 heavy (non-hydrogen) atoms. The summed E-state index contributed by atoms with van der Waals surface area (Å²) >= 11 is 0. The molecule has 3 aromatic rings. The monoisotopic (exact) mass is 814 g/mol. The van der Waals surface area contributed by atoms with Gasteiger partial charge in [0.15, 0.2) is 5.03 Å². The molecule has 3 heterocycles. The minimum atomic E-state index is -4.42. The van der Waals surface area contributed by atoms with Gasteiger partial charge in [0.05, 0.1) is 6.54 Å². The number of fused-ring (bicyclic) bond motifs is 3. The molecule has 1 aromatic heterocycles. The van der Waals surface area contributed by atoms with Gasteiger partial charge in [-0.3, -0.25) is 14.4 Å². The number of aromatic nitrogens is 1. The van der Waals surface area contributed by atoms with Gasteiger partial charge in [-0.05, 0) is 86.3 Å². The molecule has 308 valence electrons. The van der Waals surface area contributed by atoms with Gasteiger partial charge in [-0.1, -0.05) is 73.5 Å². The van der Waals surface area contributed by atoms with Crippen LogP contribution < -0.4 is 15.4 Å². The van der Waals surface area contributed by atoms with E-state index in [1.165, 1.54) is 22.1 Å². The van der Waals surface area contributed by atoms with Gasteiger partial charge in [-0.2, -0.15) is 8.42 Å². The van der Waals surface area contributed by atoms with Crippen LogP contribution in [-0.4, -0.2) is 96.5 Å². The van der Waals surface area contributed by atoms with Gasteiger partial charge in [0.25, 0.3) is 15.9 Å². The van der Waals surface area contributed by atoms with Crippen molar-refractivity contribution in [3.63, 3.8) is 0 Å². The molecule has 2 aromatic carbocycles. The summed E-state index contributed by atoms with van der Waals surface area (Å²) in [7, 11) is -4.42. The van der Waals surface area contributed by atoms with Crippen molar-refractivity contribution in [3.05, 3.63) is 84.1 Å². The Morgan fingerprint density at radius 2 is 1.72 bits per heavy atom. The van der Waals surface area contributed by atoms with Crippen LogP contribution in [0.25, 0.3) is 10.8 Å². The highest BCUT2D eigenvalue weighted by Crippen LogP contribution is 2.45. The normalized spacial score (nSPS) is 24.9. The first-order chi connectivity index (χ1) is 27.9. The number of benzene rings is 2. The number of ether oxygens (including phenoxy) is 2. The zero-order valence-corrected chi connectivity index (χ0v) is 33.4. The second-order valence-electron chi connectivity index (χ2n) is 15.6. The smallest absolute Gasteiger partial charge is 0.410 e. The number of nitrogens with zero attached hydrogens (tertiary/aromatic N) is 3. The van der Waals surface area contributed by atoms with Crippen LogP contribution in [0.5, 0.6) is 0 Å². The molecule has 2 aliphatic heterocycles. The molecule has 1 saturated heterocycles. The van der Waals surface area contributed by atoms with E-state index >= 15 is 0 Å². The van der Waals surface area contributed by atoms with Crippen LogP contribution in [0.3, 0.4) is 0 Å². The Balaban J connectivity index is 1.14. The predicted octanol–water partition coefficient (Wildman–Crippen LogP) is 4.63. The summed E-state index contributed by atoms with van der Waals surface area (Å²) in [6, 6.07) is 13.9. The van der Waals surface area contributed by atoms with Crippen molar-refractivity contribution in [2.45, 2.75) is 106 Å². The largest absolute Gasteiger partial charge is 0.446 e. The number of aryl methyl sites for hydroxylation is 1. The lowest BCUT2D eigenvalue weighted by molar-refractivity contribution is -0.146. The average Bonchev–Trinajstić information content (AvgIpc) is 3.66. The fraction of sp³-hybridized carbons (Fsp3) is 0.476. The van der Waals surface area contributed by atoms with Crippen molar-refractivity contribution < 1.29 is 41.9 Å². The van der Waals surface area contributed by atoms with Gasteiger partial charge in [0, 0.05) is 25.2 Å². The van der Waals surface area contributed by atoms with Crippen LogP contribution >= 0.6 is 0 Å². The number of carbonyl (C=O) groups is 5. The van der Waals surface area contributed by atoms with E-state index in [0.717, 1.165) is 60.4 Å². The van der Waals surface area contributed by atoms with Gasteiger partial charge < -0.3 is 29.9 Å². The molecule has 3 fully saturated rings. The minimum absolute atomic E-state index is 0.0297. The van der Waals surface area contributed by atoms with Crippen molar-refractivity contribution in [1.82, 2.24) is 30.1 Å². The molecule has 0 spiro atoms. The maximum Gasteiger partial charge on any atom is 0.410 e. The molecule has 4 aliphatic rings. The summed E-state index contributed by atoms with van der Waals surface area (Å²) in [5, 5.41) is 7.14. The Kier molecular flexibility index (Phi) is 12.3. The molecule has 1 unspecified atom stereocenters. The topological polar surface area (TPSA) is 193 Å². The third-order valence-corrected chi connectivity index (χ3v) is 12.8. The fourth-order valence-electron chi connectivity index (χ4n) is 8.09. The highest BCUT2D eigenvalue weighted by atomic mass is 32.2. The molecule has 7 rings (SSSR count). The predicted molar refractivity (Wildman–Crippen MR) is 212 cm³/mol. The van der Waals surface area contributed by atoms with Crippen molar-refractivity contribution >= 4 is 50.7 Å². The third kappa shape index (κ3) is 9.27. The van der Waals surface area contributed by atoms with Crippen LogP contribution in [0.1, 0.15) is 75.3 Å². The first-order valence-electron chi connectivity index (χ1n) is 20.1. The van der Waals surface area contributed by atoms with Crippen LogP contribution in [0.15, 0.2) is 78.0 Å². The number of allylic oxidation sites excluding steroid dienone is 1. The molecule has 16 heteroatoms. The fourth-order valence-corrected chi connectivity index (χ4v) is 9.06. The standard InChI is InChI=1S/C42H50N6O9S/c1-28-20-21-36(43-25-28)58(54,55)46-39(51)42-24-31(42)15-5-3-2-4-6-19-34(44-40(52)57-32-16-8-9-17-32)38(50)48-23-22-47(26-35(48)37(49)45-42)41(53)56-27-30-14-11-13-29-12-7-10-18-33(29)30/h5,7,10-15,18,20-21,25,31-32,34-35H,2-4,6,8-9,16-17,19,22-24,26-27H2,1H3,(H,44,52)(H,45,49)(H,46,51)/b15-5+/t31?,34-,35-,42-/m0/s1. The highest BCUT2D eigenvalue weighted by molar-refractivity contribution is 7.90. The van der Waals surface area contributed by atoms with Crippen LogP contribution in [0.4, 0.5) is 9.59 Å². The summed E-state index contributed by atoms with van der Waals surface area (Å²) in [5.74, 6) is -2.79. The van der Waals surface area contributed by atoms with Gasteiger partial charge in [-0.25, -0.2) is 19.3 Å². The van der Waals surface area contributed by atoms with Gasteiger partial charge >= 0.3 is 12.2 Å². The summed E-state index contributed by atoms with van der Waals surface area (Å²) in [5.41, 5.74) is -0.145. The maximum absolute atomic E-state index is 14.5. The van der Waals surface area contributed by atoms with Gasteiger partial charge in [0.1, 0.15) is 30.3 Å². The number of rotatable bonds is 7. The molecule has 5 amide bonds. The average molecular weight is 815 g/mol. The Hall–Kier alpha value is -5.51. The van der Waals surface area contributed by atoms with E-state index in [0.29, 0.717) is 19.3 Å². The summed E-state index contributed by atoms with van der Waals surface area (Å²) in [6.45, 7) is 1.39. The number of piperazine rings is 1. The van der Waals surface area contributed by atoms with E-state index in [9.17, 15) is 32.4 Å². The Morgan fingerprint density at radius 3 is 2.52 bits per heavy atom. The first-order valence-corrected chi connectivity index (χ1v) is 21.6. The molecule has 2 saturated carbocycles. The Labute approximate surface area is 337 Å². The van der Waals surface area contributed by atoms with E-state index in [4.69, 9.17) is 9.47 Å².